The highest BCUT2D eigenvalue weighted by molar-refractivity contribution is 5.88. The molecule has 7 nitrogen and oxygen atoms in total. The van der Waals surface area contributed by atoms with E-state index in [9.17, 15) is 9.59 Å². The predicted octanol–water partition coefficient (Wildman–Crippen LogP) is -0.287. The second-order valence-corrected chi connectivity index (χ2v) is 4.22. The summed E-state index contributed by atoms with van der Waals surface area (Å²) in [5.41, 5.74) is 0. The lowest BCUT2D eigenvalue weighted by atomic mass is 10.2. The van der Waals surface area contributed by atoms with E-state index in [0.717, 1.165) is 19.4 Å². The Hall–Kier alpha value is -1.76. The van der Waals surface area contributed by atoms with Gasteiger partial charge in [0, 0.05) is 13.2 Å². The van der Waals surface area contributed by atoms with Gasteiger partial charge in [0.05, 0.1) is 6.10 Å². The van der Waals surface area contributed by atoms with E-state index in [2.05, 4.69) is 5.32 Å². The zero-order valence-electron chi connectivity index (χ0n) is 10.6. The van der Waals surface area contributed by atoms with Crippen LogP contribution in [-0.2, 0) is 28.5 Å². The van der Waals surface area contributed by atoms with Crippen LogP contribution >= 0.6 is 0 Å². The van der Waals surface area contributed by atoms with E-state index in [4.69, 9.17) is 18.9 Å². The van der Waals surface area contributed by atoms with Crippen LogP contribution in [0.5, 0.6) is 0 Å². The van der Waals surface area contributed by atoms with Crippen molar-refractivity contribution < 1.29 is 28.5 Å². The van der Waals surface area contributed by atoms with Gasteiger partial charge in [-0.3, -0.25) is 4.79 Å². The minimum Gasteiger partial charge on any atom is -0.493 e. The summed E-state index contributed by atoms with van der Waals surface area (Å²) in [5, 5.41) is 2.65. The first-order valence-electron chi connectivity index (χ1n) is 6.25. The van der Waals surface area contributed by atoms with E-state index >= 15 is 0 Å². The maximum absolute atomic E-state index is 11.5. The Morgan fingerprint density at radius 3 is 2.95 bits per heavy atom. The SMILES string of the molecule is O=C(COC(=O)C1=COCCO1)NC[C@H]1CCCO1. The van der Waals surface area contributed by atoms with Crippen molar-refractivity contribution in [3.8, 4) is 0 Å². The van der Waals surface area contributed by atoms with Crippen molar-refractivity contribution in [1.82, 2.24) is 5.32 Å². The standard InChI is InChI=1S/C12H17NO6/c14-11(13-6-9-2-1-3-17-9)8-19-12(15)10-7-16-4-5-18-10/h7,9H,1-6,8H2,(H,13,14)/t9-/m1/s1. The number of rotatable bonds is 5. The lowest BCUT2D eigenvalue weighted by Crippen LogP contribution is -2.35. The van der Waals surface area contributed by atoms with Crippen LogP contribution in [0.1, 0.15) is 12.8 Å². The van der Waals surface area contributed by atoms with Crippen molar-refractivity contribution in [2.24, 2.45) is 0 Å². The van der Waals surface area contributed by atoms with Crippen LogP contribution in [0.3, 0.4) is 0 Å². The maximum Gasteiger partial charge on any atom is 0.377 e. The largest absolute Gasteiger partial charge is 0.493 e. The zero-order chi connectivity index (χ0) is 13.5. The Morgan fingerprint density at radius 1 is 1.37 bits per heavy atom. The Bertz CT molecular complexity index is 361. The summed E-state index contributed by atoms with van der Waals surface area (Å²) in [6.07, 6.45) is 3.22. The molecule has 0 saturated carbocycles. The van der Waals surface area contributed by atoms with Crippen LogP contribution in [0.25, 0.3) is 0 Å². The lowest BCUT2D eigenvalue weighted by molar-refractivity contribution is -0.149. The van der Waals surface area contributed by atoms with E-state index in [1.165, 1.54) is 6.26 Å². The van der Waals surface area contributed by atoms with Gasteiger partial charge in [0.15, 0.2) is 6.61 Å². The lowest BCUT2D eigenvalue weighted by Gasteiger charge is -2.14. The van der Waals surface area contributed by atoms with E-state index < -0.39 is 5.97 Å². The number of esters is 1. The van der Waals surface area contributed by atoms with E-state index in [0.29, 0.717) is 19.8 Å². The smallest absolute Gasteiger partial charge is 0.377 e. The molecule has 2 aliphatic rings. The summed E-state index contributed by atoms with van der Waals surface area (Å²) in [6.45, 7) is 1.54. The number of carbonyl (C=O) groups excluding carboxylic acids is 2. The molecule has 2 heterocycles. The minimum absolute atomic E-state index is 0.0156. The van der Waals surface area contributed by atoms with Gasteiger partial charge >= 0.3 is 5.97 Å². The zero-order valence-corrected chi connectivity index (χ0v) is 10.6. The molecule has 106 valence electrons. The molecular formula is C12H17NO6. The molecule has 0 radical (unpaired) electrons. The molecule has 0 bridgehead atoms. The van der Waals surface area contributed by atoms with Gasteiger partial charge in [-0.15, -0.1) is 0 Å². The van der Waals surface area contributed by atoms with Crippen molar-refractivity contribution in [3.05, 3.63) is 12.0 Å². The Kier molecular flexibility index (Phi) is 5.02. The number of hydrogen-bond donors (Lipinski definition) is 1. The third-order valence-electron chi connectivity index (χ3n) is 2.74. The van der Waals surface area contributed by atoms with Gasteiger partial charge in [-0.05, 0) is 12.8 Å². The van der Waals surface area contributed by atoms with Gasteiger partial charge in [0.1, 0.15) is 19.5 Å². The fraction of sp³-hybridized carbons (Fsp3) is 0.667. The molecule has 1 amide bonds. The number of ether oxygens (including phenoxy) is 4. The number of hydrogen-bond acceptors (Lipinski definition) is 6. The van der Waals surface area contributed by atoms with Crippen molar-refractivity contribution in [2.75, 3.05) is 33.0 Å². The van der Waals surface area contributed by atoms with Gasteiger partial charge in [0.25, 0.3) is 5.91 Å². The van der Waals surface area contributed by atoms with Gasteiger partial charge < -0.3 is 24.3 Å². The first-order chi connectivity index (χ1) is 9.25. The molecular weight excluding hydrogens is 254 g/mol. The monoisotopic (exact) mass is 271 g/mol. The number of amides is 1. The van der Waals surface area contributed by atoms with Crippen LogP contribution in [0.15, 0.2) is 12.0 Å². The molecule has 1 saturated heterocycles. The summed E-state index contributed by atoms with van der Waals surface area (Å²) in [5.74, 6) is -1.08. The van der Waals surface area contributed by atoms with Gasteiger partial charge in [-0.25, -0.2) is 4.79 Å². The van der Waals surface area contributed by atoms with Crippen molar-refractivity contribution in [3.63, 3.8) is 0 Å². The Balaban J connectivity index is 1.62. The van der Waals surface area contributed by atoms with Crippen LogP contribution in [0, 0.1) is 0 Å². The highest BCUT2D eigenvalue weighted by Crippen LogP contribution is 2.10. The summed E-state index contributed by atoms with van der Waals surface area (Å²) < 4.78 is 20.1. The Labute approximate surface area is 110 Å². The van der Waals surface area contributed by atoms with Crippen LogP contribution in [0.4, 0.5) is 0 Å². The van der Waals surface area contributed by atoms with E-state index in [1.807, 2.05) is 0 Å². The molecule has 2 aliphatic heterocycles. The highest BCUT2D eigenvalue weighted by Gasteiger charge is 2.19. The molecule has 1 N–H and O–H groups in total. The maximum atomic E-state index is 11.5. The molecule has 0 aromatic carbocycles. The van der Waals surface area contributed by atoms with Crippen LogP contribution < -0.4 is 5.32 Å². The first kappa shape index (κ1) is 13.7. The average molecular weight is 271 g/mol. The molecule has 0 aromatic rings. The van der Waals surface area contributed by atoms with Crippen molar-refractivity contribution in [2.45, 2.75) is 18.9 Å². The minimum atomic E-state index is -0.702. The Morgan fingerprint density at radius 2 is 2.26 bits per heavy atom. The summed E-state index contributed by atoms with van der Waals surface area (Å²) in [6, 6.07) is 0. The normalized spacial score (nSPS) is 21.9. The fourth-order valence-corrected chi connectivity index (χ4v) is 1.76. The molecule has 7 heteroatoms. The van der Waals surface area contributed by atoms with Crippen LogP contribution in [0.2, 0.25) is 0 Å². The van der Waals surface area contributed by atoms with Gasteiger partial charge in [-0.2, -0.15) is 0 Å². The molecule has 0 spiro atoms. The topological polar surface area (TPSA) is 83.1 Å². The third-order valence-corrected chi connectivity index (χ3v) is 2.74. The quantitative estimate of drug-likeness (QED) is 0.692. The van der Waals surface area contributed by atoms with Crippen molar-refractivity contribution >= 4 is 11.9 Å². The van der Waals surface area contributed by atoms with Gasteiger partial charge in [-0.1, -0.05) is 0 Å². The summed E-state index contributed by atoms with van der Waals surface area (Å²) in [7, 11) is 0. The fourth-order valence-electron chi connectivity index (χ4n) is 1.76. The van der Waals surface area contributed by atoms with Gasteiger partial charge in [0.2, 0.25) is 5.76 Å². The molecule has 2 rings (SSSR count). The number of nitrogens with one attached hydrogen (secondary N) is 1. The molecule has 0 unspecified atom stereocenters. The number of carbonyl (C=O) groups is 2. The molecule has 1 fully saturated rings. The second kappa shape index (κ2) is 6.98. The van der Waals surface area contributed by atoms with Crippen molar-refractivity contribution in [1.29, 1.82) is 0 Å². The average Bonchev–Trinajstić information content (AvgIpc) is 2.96. The van der Waals surface area contributed by atoms with Crippen LogP contribution in [-0.4, -0.2) is 51.0 Å². The van der Waals surface area contributed by atoms with E-state index in [1.54, 1.807) is 0 Å². The predicted molar refractivity (Wildman–Crippen MR) is 62.9 cm³/mol. The molecule has 19 heavy (non-hydrogen) atoms. The summed E-state index contributed by atoms with van der Waals surface area (Å²) in [4.78, 5) is 22.9. The van der Waals surface area contributed by atoms with E-state index in [-0.39, 0.29) is 24.4 Å². The third kappa shape index (κ3) is 4.44. The summed E-state index contributed by atoms with van der Waals surface area (Å²) >= 11 is 0. The highest BCUT2D eigenvalue weighted by atomic mass is 16.6. The molecule has 1 atom stereocenters. The molecule has 0 aliphatic carbocycles. The molecule has 0 aromatic heterocycles. The first-order valence-corrected chi connectivity index (χ1v) is 6.25. The second-order valence-electron chi connectivity index (χ2n) is 4.22.